The average Bonchev–Trinajstić information content (AvgIpc) is 3.36. The molecule has 3 aliphatic carbocycles. The van der Waals surface area contributed by atoms with Crippen molar-refractivity contribution in [2.45, 2.75) is 82.4 Å². The summed E-state index contributed by atoms with van der Waals surface area (Å²) < 4.78 is 6.28. The van der Waals surface area contributed by atoms with E-state index >= 15 is 0 Å². The number of hydrogen-bond donors (Lipinski definition) is 2. The van der Waals surface area contributed by atoms with Crippen LogP contribution in [0.25, 0.3) is 0 Å². The molecule has 3 rings (SSSR count). The second-order valence-electron chi connectivity index (χ2n) is 7.33. The Labute approximate surface area is 128 Å². The van der Waals surface area contributed by atoms with Crippen LogP contribution in [-0.2, 0) is 9.53 Å². The molecule has 0 aromatic heterocycles. The van der Waals surface area contributed by atoms with Gasteiger partial charge >= 0.3 is 0 Å². The van der Waals surface area contributed by atoms with Crippen molar-refractivity contribution < 1.29 is 9.53 Å². The Morgan fingerprint density at radius 3 is 2.48 bits per heavy atom. The van der Waals surface area contributed by atoms with Gasteiger partial charge in [-0.2, -0.15) is 0 Å². The summed E-state index contributed by atoms with van der Waals surface area (Å²) in [6, 6.07) is 0.482. The second kappa shape index (κ2) is 6.25. The second-order valence-corrected chi connectivity index (χ2v) is 7.33. The van der Waals surface area contributed by atoms with Crippen LogP contribution in [0.5, 0.6) is 0 Å². The van der Waals surface area contributed by atoms with Crippen molar-refractivity contribution in [3.63, 3.8) is 0 Å². The smallest absolute Gasteiger partial charge is 0.240 e. The molecule has 0 aliphatic heterocycles. The van der Waals surface area contributed by atoms with E-state index in [1.165, 1.54) is 38.5 Å². The van der Waals surface area contributed by atoms with Crippen LogP contribution >= 0.6 is 0 Å². The van der Waals surface area contributed by atoms with Crippen LogP contribution in [0.2, 0.25) is 0 Å². The van der Waals surface area contributed by atoms with Crippen molar-refractivity contribution in [3.05, 3.63) is 0 Å². The van der Waals surface area contributed by atoms with E-state index in [0.29, 0.717) is 30.6 Å². The topological polar surface area (TPSA) is 64.3 Å². The van der Waals surface area contributed by atoms with E-state index in [1.807, 2.05) is 0 Å². The van der Waals surface area contributed by atoms with Crippen molar-refractivity contribution in [1.82, 2.24) is 5.32 Å². The standard InChI is InChI=1S/C17H30N2O2/c1-2-12-5-3-4-6-15(12)21-11-17(16(18)20,13-7-8-13)19-14-9-10-14/h12-15,19H,2-11H2,1H3,(H2,18,20). The molecule has 0 radical (unpaired) electrons. The zero-order valence-electron chi connectivity index (χ0n) is 13.3. The number of ether oxygens (including phenoxy) is 1. The maximum Gasteiger partial charge on any atom is 0.240 e. The van der Waals surface area contributed by atoms with Gasteiger partial charge in [-0.15, -0.1) is 0 Å². The van der Waals surface area contributed by atoms with E-state index in [-0.39, 0.29) is 5.91 Å². The van der Waals surface area contributed by atoms with E-state index in [1.54, 1.807) is 0 Å². The number of amides is 1. The molecule has 0 heterocycles. The number of nitrogens with one attached hydrogen (secondary N) is 1. The first kappa shape index (κ1) is 15.3. The van der Waals surface area contributed by atoms with E-state index in [4.69, 9.17) is 10.5 Å². The van der Waals surface area contributed by atoms with Gasteiger partial charge in [0, 0.05) is 6.04 Å². The van der Waals surface area contributed by atoms with Gasteiger partial charge in [-0.05, 0) is 50.4 Å². The summed E-state index contributed by atoms with van der Waals surface area (Å²) in [5.74, 6) is 0.837. The summed E-state index contributed by atoms with van der Waals surface area (Å²) >= 11 is 0. The number of nitrogens with two attached hydrogens (primary N) is 1. The van der Waals surface area contributed by atoms with E-state index < -0.39 is 5.54 Å². The van der Waals surface area contributed by atoms with Crippen molar-refractivity contribution in [1.29, 1.82) is 0 Å². The molecule has 3 atom stereocenters. The van der Waals surface area contributed by atoms with Crippen LogP contribution < -0.4 is 11.1 Å². The summed E-state index contributed by atoms with van der Waals surface area (Å²) in [6.07, 6.45) is 11.0. The summed E-state index contributed by atoms with van der Waals surface area (Å²) in [4.78, 5) is 12.2. The molecule has 0 bridgehead atoms. The van der Waals surface area contributed by atoms with E-state index in [2.05, 4.69) is 12.2 Å². The minimum absolute atomic E-state index is 0.208. The lowest BCUT2D eigenvalue weighted by atomic mass is 9.84. The lowest BCUT2D eigenvalue weighted by Gasteiger charge is -2.37. The summed E-state index contributed by atoms with van der Waals surface area (Å²) in [7, 11) is 0. The quantitative estimate of drug-likeness (QED) is 0.722. The minimum atomic E-state index is -0.600. The van der Waals surface area contributed by atoms with Gasteiger partial charge in [0.25, 0.3) is 0 Å². The maximum atomic E-state index is 12.2. The van der Waals surface area contributed by atoms with E-state index in [9.17, 15) is 4.79 Å². The highest BCUT2D eigenvalue weighted by Gasteiger charge is 2.52. The molecule has 0 spiro atoms. The highest BCUT2D eigenvalue weighted by Crippen LogP contribution is 2.42. The van der Waals surface area contributed by atoms with Crippen LogP contribution in [0.4, 0.5) is 0 Å². The molecule has 3 saturated carbocycles. The predicted octanol–water partition coefficient (Wildman–Crippen LogP) is 2.36. The average molecular weight is 294 g/mol. The van der Waals surface area contributed by atoms with Gasteiger partial charge in [0.15, 0.2) is 0 Å². The summed E-state index contributed by atoms with van der Waals surface area (Å²) in [5.41, 5.74) is 5.19. The van der Waals surface area contributed by atoms with Crippen LogP contribution in [0.15, 0.2) is 0 Å². The lowest BCUT2D eigenvalue weighted by molar-refractivity contribution is -0.131. The Hall–Kier alpha value is -0.610. The molecule has 1 amide bonds. The Morgan fingerprint density at radius 2 is 1.90 bits per heavy atom. The number of hydrogen-bond acceptors (Lipinski definition) is 3. The summed E-state index contributed by atoms with van der Waals surface area (Å²) in [5, 5.41) is 3.54. The molecule has 3 aliphatic rings. The minimum Gasteiger partial charge on any atom is -0.375 e. The Kier molecular flexibility index (Phi) is 4.55. The molecule has 3 fully saturated rings. The molecular formula is C17H30N2O2. The van der Waals surface area contributed by atoms with E-state index in [0.717, 1.165) is 19.3 Å². The van der Waals surface area contributed by atoms with Gasteiger partial charge < -0.3 is 10.5 Å². The third-order valence-corrected chi connectivity index (χ3v) is 5.64. The Morgan fingerprint density at radius 1 is 1.19 bits per heavy atom. The zero-order chi connectivity index (χ0) is 14.9. The first-order valence-electron chi connectivity index (χ1n) is 8.85. The molecule has 21 heavy (non-hydrogen) atoms. The number of rotatable bonds is 8. The molecule has 4 nitrogen and oxygen atoms in total. The molecule has 0 aromatic rings. The molecule has 0 saturated heterocycles. The molecule has 120 valence electrons. The van der Waals surface area contributed by atoms with Gasteiger partial charge in [-0.3, -0.25) is 10.1 Å². The monoisotopic (exact) mass is 294 g/mol. The van der Waals surface area contributed by atoms with Crippen molar-refractivity contribution in [2.75, 3.05) is 6.61 Å². The fourth-order valence-corrected chi connectivity index (χ4v) is 3.89. The molecular weight excluding hydrogens is 264 g/mol. The SMILES string of the molecule is CCC1CCCCC1OCC(NC1CC1)(C(N)=O)C1CC1. The van der Waals surface area contributed by atoms with Gasteiger partial charge in [-0.1, -0.05) is 26.2 Å². The molecule has 3 unspecified atom stereocenters. The van der Waals surface area contributed by atoms with Crippen LogP contribution in [0.3, 0.4) is 0 Å². The predicted molar refractivity (Wildman–Crippen MR) is 82.8 cm³/mol. The van der Waals surface area contributed by atoms with Gasteiger partial charge in [-0.25, -0.2) is 0 Å². The molecule has 4 heteroatoms. The third kappa shape index (κ3) is 3.42. The maximum absolute atomic E-state index is 12.2. The summed E-state index contributed by atoms with van der Waals surface area (Å²) in [6.45, 7) is 2.72. The first-order valence-corrected chi connectivity index (χ1v) is 8.85. The number of carbonyl (C=O) groups excluding carboxylic acids is 1. The zero-order valence-corrected chi connectivity index (χ0v) is 13.3. The van der Waals surface area contributed by atoms with Gasteiger partial charge in [0.1, 0.15) is 5.54 Å². The molecule has 0 aromatic carbocycles. The normalized spacial score (nSPS) is 32.6. The molecule has 3 N–H and O–H groups in total. The highest BCUT2D eigenvalue weighted by molar-refractivity contribution is 5.86. The Bertz CT molecular complexity index is 379. The van der Waals surface area contributed by atoms with Crippen LogP contribution in [-0.4, -0.2) is 30.2 Å². The van der Waals surface area contributed by atoms with Gasteiger partial charge in [0.05, 0.1) is 12.7 Å². The van der Waals surface area contributed by atoms with Crippen molar-refractivity contribution >= 4 is 5.91 Å². The van der Waals surface area contributed by atoms with Crippen LogP contribution in [0.1, 0.15) is 64.7 Å². The number of carbonyl (C=O) groups is 1. The van der Waals surface area contributed by atoms with Gasteiger partial charge in [0.2, 0.25) is 5.91 Å². The lowest BCUT2D eigenvalue weighted by Crippen LogP contribution is -2.61. The van der Waals surface area contributed by atoms with Crippen molar-refractivity contribution in [2.24, 2.45) is 17.6 Å². The number of primary amides is 1. The first-order chi connectivity index (χ1) is 10.2. The fraction of sp³-hybridized carbons (Fsp3) is 0.941. The van der Waals surface area contributed by atoms with Crippen LogP contribution in [0, 0.1) is 11.8 Å². The largest absolute Gasteiger partial charge is 0.375 e. The fourth-order valence-electron chi connectivity index (χ4n) is 3.89. The Balaban J connectivity index is 1.64. The third-order valence-electron chi connectivity index (χ3n) is 5.64. The highest BCUT2D eigenvalue weighted by atomic mass is 16.5. The van der Waals surface area contributed by atoms with Crippen molar-refractivity contribution in [3.8, 4) is 0 Å².